The highest BCUT2D eigenvalue weighted by Crippen LogP contribution is 2.30. The van der Waals surface area contributed by atoms with Crippen LogP contribution >= 0.6 is 0 Å². The Morgan fingerprint density at radius 1 is 1.19 bits per heavy atom. The van der Waals surface area contributed by atoms with E-state index in [1.54, 1.807) is 0 Å². The maximum Gasteiger partial charge on any atom is 0.224 e. The molecule has 1 fully saturated rings. The molecule has 1 aromatic heterocycles. The van der Waals surface area contributed by atoms with Gasteiger partial charge in [-0.2, -0.15) is 0 Å². The van der Waals surface area contributed by atoms with Crippen molar-refractivity contribution in [3.05, 3.63) is 41.7 Å². The van der Waals surface area contributed by atoms with Gasteiger partial charge >= 0.3 is 0 Å². The van der Waals surface area contributed by atoms with Gasteiger partial charge in [-0.05, 0) is 6.92 Å². The van der Waals surface area contributed by atoms with E-state index in [2.05, 4.69) is 17.0 Å². The highest BCUT2D eigenvalue weighted by Gasteiger charge is 2.29. The summed E-state index contributed by atoms with van der Waals surface area (Å²) in [6, 6.07) is 10.3. The van der Waals surface area contributed by atoms with Crippen molar-refractivity contribution < 1.29 is 14.1 Å². The van der Waals surface area contributed by atoms with E-state index in [4.69, 9.17) is 9.26 Å². The standard InChI is InChI=1S/C20H25N3O3/c1-15(22-9-11-25-12-10-22)13-19(24)23-8-7-18-17(14-23)20(21-26-18)16-5-3-2-4-6-16/h2-6,15H,7-14H2,1H3. The molecule has 2 aromatic rings. The number of carbonyl (C=O) groups excluding carboxylic acids is 1. The van der Waals surface area contributed by atoms with Crippen LogP contribution in [0.4, 0.5) is 0 Å². The number of hydrogen-bond acceptors (Lipinski definition) is 5. The lowest BCUT2D eigenvalue weighted by Gasteiger charge is -2.34. The number of ether oxygens (including phenoxy) is 1. The molecule has 2 aliphatic heterocycles. The minimum absolute atomic E-state index is 0.204. The van der Waals surface area contributed by atoms with Crippen LogP contribution in [-0.4, -0.2) is 59.8 Å². The van der Waals surface area contributed by atoms with Gasteiger partial charge in [0.05, 0.1) is 19.8 Å². The molecule has 1 amide bonds. The normalized spacial score (nSPS) is 19.2. The monoisotopic (exact) mass is 355 g/mol. The second-order valence-corrected chi connectivity index (χ2v) is 7.07. The molecule has 0 N–H and O–H groups in total. The predicted octanol–water partition coefficient (Wildman–Crippen LogP) is 2.34. The first-order valence-electron chi connectivity index (χ1n) is 9.35. The van der Waals surface area contributed by atoms with Crippen LogP contribution in [0.3, 0.4) is 0 Å². The quantitative estimate of drug-likeness (QED) is 0.842. The van der Waals surface area contributed by atoms with Gasteiger partial charge in [0.25, 0.3) is 0 Å². The average molecular weight is 355 g/mol. The van der Waals surface area contributed by atoms with E-state index in [0.717, 1.165) is 55.3 Å². The highest BCUT2D eigenvalue weighted by molar-refractivity contribution is 5.77. The zero-order chi connectivity index (χ0) is 17.9. The number of rotatable bonds is 4. The lowest BCUT2D eigenvalue weighted by Crippen LogP contribution is -2.45. The van der Waals surface area contributed by atoms with Gasteiger partial charge in [-0.1, -0.05) is 35.5 Å². The van der Waals surface area contributed by atoms with Crippen molar-refractivity contribution in [2.45, 2.75) is 32.4 Å². The van der Waals surface area contributed by atoms with Gasteiger partial charge < -0.3 is 14.2 Å². The molecule has 0 aliphatic carbocycles. The number of hydrogen-bond donors (Lipinski definition) is 0. The van der Waals surface area contributed by atoms with Crippen LogP contribution in [-0.2, 0) is 22.5 Å². The lowest BCUT2D eigenvalue weighted by atomic mass is 10.0. The van der Waals surface area contributed by atoms with Gasteiger partial charge in [0.15, 0.2) is 0 Å². The van der Waals surface area contributed by atoms with Crippen molar-refractivity contribution in [1.82, 2.24) is 15.0 Å². The van der Waals surface area contributed by atoms with Gasteiger partial charge in [0, 0.05) is 49.6 Å². The number of nitrogens with zero attached hydrogens (tertiary/aromatic N) is 3. The summed E-state index contributed by atoms with van der Waals surface area (Å²) < 4.78 is 10.9. The Morgan fingerprint density at radius 2 is 1.96 bits per heavy atom. The molecule has 1 saturated heterocycles. The number of aromatic nitrogens is 1. The summed E-state index contributed by atoms with van der Waals surface area (Å²) in [4.78, 5) is 17.1. The van der Waals surface area contributed by atoms with E-state index >= 15 is 0 Å². The van der Waals surface area contributed by atoms with Gasteiger partial charge in [0.1, 0.15) is 11.5 Å². The average Bonchev–Trinajstić information content (AvgIpc) is 3.12. The second-order valence-electron chi connectivity index (χ2n) is 7.07. The SMILES string of the molecule is CC(CC(=O)N1CCc2onc(-c3ccccc3)c2C1)N1CCOCC1. The van der Waals surface area contributed by atoms with E-state index in [1.165, 1.54) is 0 Å². The molecular weight excluding hydrogens is 330 g/mol. The van der Waals surface area contributed by atoms with E-state index in [9.17, 15) is 4.79 Å². The second kappa shape index (κ2) is 7.60. The predicted molar refractivity (Wildman–Crippen MR) is 97.5 cm³/mol. The van der Waals surface area contributed by atoms with Crippen LogP contribution in [0.25, 0.3) is 11.3 Å². The van der Waals surface area contributed by atoms with Gasteiger partial charge in [-0.3, -0.25) is 9.69 Å². The molecule has 1 aromatic carbocycles. The summed E-state index contributed by atoms with van der Waals surface area (Å²) in [7, 11) is 0. The number of fused-ring (bicyclic) bond motifs is 1. The summed E-state index contributed by atoms with van der Waals surface area (Å²) in [6.07, 6.45) is 1.27. The fraction of sp³-hybridized carbons (Fsp3) is 0.500. The molecule has 0 saturated carbocycles. The van der Waals surface area contributed by atoms with E-state index in [0.29, 0.717) is 19.5 Å². The molecular formula is C20H25N3O3. The minimum Gasteiger partial charge on any atom is -0.379 e. The molecule has 26 heavy (non-hydrogen) atoms. The van der Waals surface area contributed by atoms with Crippen molar-refractivity contribution in [1.29, 1.82) is 0 Å². The minimum atomic E-state index is 0.204. The third kappa shape index (κ3) is 3.52. The van der Waals surface area contributed by atoms with Gasteiger partial charge in [-0.25, -0.2) is 0 Å². The molecule has 0 bridgehead atoms. The molecule has 0 spiro atoms. The molecule has 1 atom stereocenters. The third-order valence-corrected chi connectivity index (χ3v) is 5.37. The van der Waals surface area contributed by atoms with Crippen LogP contribution in [0.2, 0.25) is 0 Å². The smallest absolute Gasteiger partial charge is 0.224 e. The molecule has 2 aliphatic rings. The first-order valence-corrected chi connectivity index (χ1v) is 9.35. The van der Waals surface area contributed by atoms with E-state index in [-0.39, 0.29) is 11.9 Å². The van der Waals surface area contributed by atoms with Crippen LogP contribution in [0.15, 0.2) is 34.9 Å². The first kappa shape index (κ1) is 17.2. The summed E-state index contributed by atoms with van der Waals surface area (Å²) in [5, 5.41) is 4.26. The molecule has 0 radical (unpaired) electrons. The number of morpholine rings is 1. The van der Waals surface area contributed by atoms with Crippen LogP contribution < -0.4 is 0 Å². The van der Waals surface area contributed by atoms with Crippen molar-refractivity contribution in [2.24, 2.45) is 0 Å². The van der Waals surface area contributed by atoms with E-state index in [1.807, 2.05) is 35.2 Å². The largest absolute Gasteiger partial charge is 0.379 e. The summed E-state index contributed by atoms with van der Waals surface area (Å²) in [5.41, 5.74) is 2.95. The molecule has 138 valence electrons. The highest BCUT2D eigenvalue weighted by atomic mass is 16.5. The molecule has 6 heteroatoms. The Kier molecular flexibility index (Phi) is 5.04. The van der Waals surface area contributed by atoms with E-state index < -0.39 is 0 Å². The Labute approximate surface area is 153 Å². The van der Waals surface area contributed by atoms with Crippen LogP contribution in [0.5, 0.6) is 0 Å². The van der Waals surface area contributed by atoms with Crippen LogP contribution in [0, 0.1) is 0 Å². The van der Waals surface area contributed by atoms with Crippen molar-refractivity contribution in [2.75, 3.05) is 32.8 Å². The Hall–Kier alpha value is -2.18. The van der Waals surface area contributed by atoms with Crippen molar-refractivity contribution in [3.63, 3.8) is 0 Å². The number of amides is 1. The maximum atomic E-state index is 12.8. The lowest BCUT2D eigenvalue weighted by molar-refractivity contribution is -0.133. The van der Waals surface area contributed by atoms with Crippen molar-refractivity contribution >= 4 is 5.91 Å². The Morgan fingerprint density at radius 3 is 2.73 bits per heavy atom. The first-order chi connectivity index (χ1) is 12.7. The zero-order valence-electron chi connectivity index (χ0n) is 15.2. The topological polar surface area (TPSA) is 58.8 Å². The maximum absolute atomic E-state index is 12.8. The Bertz CT molecular complexity index is 753. The fourth-order valence-electron chi connectivity index (χ4n) is 3.77. The Balaban J connectivity index is 1.44. The fourth-order valence-corrected chi connectivity index (χ4v) is 3.77. The summed E-state index contributed by atoms with van der Waals surface area (Å²) in [6.45, 7) is 6.74. The third-order valence-electron chi connectivity index (χ3n) is 5.37. The van der Waals surface area contributed by atoms with Crippen LogP contribution in [0.1, 0.15) is 24.7 Å². The summed E-state index contributed by atoms with van der Waals surface area (Å²) >= 11 is 0. The van der Waals surface area contributed by atoms with Gasteiger partial charge in [-0.15, -0.1) is 0 Å². The number of benzene rings is 1. The number of carbonyl (C=O) groups is 1. The molecule has 1 unspecified atom stereocenters. The van der Waals surface area contributed by atoms with Gasteiger partial charge in [0.2, 0.25) is 5.91 Å². The molecule has 6 nitrogen and oxygen atoms in total. The molecule has 3 heterocycles. The molecule has 4 rings (SSSR count). The summed E-state index contributed by atoms with van der Waals surface area (Å²) in [5.74, 6) is 1.11. The van der Waals surface area contributed by atoms with Crippen molar-refractivity contribution in [3.8, 4) is 11.3 Å². The zero-order valence-corrected chi connectivity index (χ0v) is 15.2.